The number of hydrogen-bond donors (Lipinski definition) is 1. The van der Waals surface area contributed by atoms with Crippen LogP contribution in [-0.2, 0) is 9.59 Å². The predicted octanol–water partition coefficient (Wildman–Crippen LogP) is 1.65. The van der Waals surface area contributed by atoms with Gasteiger partial charge in [-0.15, -0.1) is 0 Å². The van der Waals surface area contributed by atoms with Crippen LogP contribution in [0, 0.1) is 5.92 Å². The normalized spacial score (nSPS) is 14.9. The van der Waals surface area contributed by atoms with E-state index in [0.29, 0.717) is 6.41 Å². The van der Waals surface area contributed by atoms with E-state index in [1.165, 1.54) is 12.8 Å². The minimum absolute atomic E-state index is 0.229. The molecule has 1 heterocycles. The monoisotopic (exact) mass is 230 g/mol. The smallest absolute Gasteiger partial charge is 0.219 e. The van der Waals surface area contributed by atoms with Crippen molar-refractivity contribution in [3.63, 3.8) is 0 Å². The molecule has 16 heavy (non-hydrogen) atoms. The molecule has 4 heteroatoms. The first-order chi connectivity index (χ1) is 7.61. The Morgan fingerprint density at radius 3 is 1.94 bits per heavy atom. The summed E-state index contributed by atoms with van der Waals surface area (Å²) in [5.41, 5.74) is 0. The lowest BCUT2D eigenvalue weighted by molar-refractivity contribution is -0.130. The van der Waals surface area contributed by atoms with Crippen LogP contribution < -0.4 is 5.32 Å². The molecule has 1 fully saturated rings. The molecule has 1 rings (SSSR count). The Morgan fingerprint density at radius 2 is 1.69 bits per heavy atom. The zero-order valence-corrected chi connectivity index (χ0v) is 11.2. The van der Waals surface area contributed by atoms with Crippen molar-refractivity contribution in [3.8, 4) is 0 Å². The van der Waals surface area contributed by atoms with Crippen molar-refractivity contribution >= 4 is 12.3 Å². The van der Waals surface area contributed by atoms with Crippen molar-refractivity contribution in [1.29, 1.82) is 0 Å². The van der Waals surface area contributed by atoms with Gasteiger partial charge in [-0.05, 0) is 18.8 Å². The Kier molecular flexibility index (Phi) is 13.0. The molecular weight excluding hydrogens is 204 g/mol. The van der Waals surface area contributed by atoms with E-state index >= 15 is 0 Å². The minimum Gasteiger partial charge on any atom is -0.362 e. The van der Waals surface area contributed by atoms with Crippen LogP contribution in [0.3, 0.4) is 0 Å². The molecule has 0 aromatic heterocycles. The van der Waals surface area contributed by atoms with Crippen molar-refractivity contribution in [2.24, 2.45) is 5.92 Å². The molecule has 4 nitrogen and oxygen atoms in total. The van der Waals surface area contributed by atoms with E-state index in [1.807, 2.05) is 18.7 Å². The number of rotatable bonds is 1. The second kappa shape index (κ2) is 12.0. The van der Waals surface area contributed by atoms with Gasteiger partial charge in [0.1, 0.15) is 0 Å². The highest BCUT2D eigenvalue weighted by Gasteiger charge is 2.16. The summed E-state index contributed by atoms with van der Waals surface area (Å²) in [4.78, 5) is 21.8. The predicted molar refractivity (Wildman–Crippen MR) is 67.1 cm³/mol. The van der Waals surface area contributed by atoms with Crippen molar-refractivity contribution in [2.45, 2.75) is 40.5 Å². The number of hydrogen-bond acceptors (Lipinski definition) is 2. The first-order valence-corrected chi connectivity index (χ1v) is 5.98. The summed E-state index contributed by atoms with van der Waals surface area (Å²) in [6, 6.07) is 0. The maximum atomic E-state index is 10.8. The number of amides is 2. The third kappa shape index (κ3) is 9.49. The summed E-state index contributed by atoms with van der Waals surface area (Å²) in [7, 11) is 1.56. The molecule has 0 saturated carbocycles. The molecule has 0 aromatic rings. The molecule has 2 amide bonds. The van der Waals surface area contributed by atoms with E-state index in [1.54, 1.807) is 14.0 Å². The van der Waals surface area contributed by atoms with E-state index in [-0.39, 0.29) is 5.91 Å². The van der Waals surface area contributed by atoms with Crippen molar-refractivity contribution in [3.05, 3.63) is 0 Å². The second-order valence-corrected chi connectivity index (χ2v) is 3.60. The van der Waals surface area contributed by atoms with Gasteiger partial charge in [-0.1, -0.05) is 20.8 Å². The Hall–Kier alpha value is -1.06. The van der Waals surface area contributed by atoms with Gasteiger partial charge < -0.3 is 10.2 Å². The summed E-state index contributed by atoms with van der Waals surface area (Å²) in [6.45, 7) is 9.83. The summed E-state index contributed by atoms with van der Waals surface area (Å²) in [5, 5.41) is 2.25. The summed E-state index contributed by atoms with van der Waals surface area (Å²) < 4.78 is 0. The van der Waals surface area contributed by atoms with Crippen LogP contribution in [0.4, 0.5) is 0 Å². The zero-order chi connectivity index (χ0) is 13.0. The molecule has 0 atom stereocenters. The third-order valence-corrected chi connectivity index (χ3v) is 2.35. The molecule has 0 unspecified atom stereocenters. The van der Waals surface area contributed by atoms with E-state index in [4.69, 9.17) is 4.79 Å². The molecule has 0 spiro atoms. The number of nitrogens with one attached hydrogen (secondary N) is 1. The minimum atomic E-state index is 0.229. The number of carbonyl (C=O) groups is 2. The molecule has 0 radical (unpaired) electrons. The van der Waals surface area contributed by atoms with Gasteiger partial charge in [0.05, 0.1) is 0 Å². The van der Waals surface area contributed by atoms with Gasteiger partial charge in [-0.3, -0.25) is 9.59 Å². The quantitative estimate of drug-likeness (QED) is 0.696. The average molecular weight is 230 g/mol. The van der Waals surface area contributed by atoms with Gasteiger partial charge in [0.15, 0.2) is 0 Å². The summed E-state index contributed by atoms with van der Waals surface area (Å²) >= 11 is 0. The Bertz CT molecular complexity index is 176. The van der Waals surface area contributed by atoms with E-state index in [9.17, 15) is 4.79 Å². The van der Waals surface area contributed by atoms with Gasteiger partial charge in [0, 0.05) is 27.1 Å². The maximum Gasteiger partial charge on any atom is 0.219 e. The molecule has 96 valence electrons. The Balaban J connectivity index is 0. The summed E-state index contributed by atoms with van der Waals surface area (Å²) in [6.07, 6.45) is 2.99. The zero-order valence-electron chi connectivity index (χ0n) is 11.2. The topological polar surface area (TPSA) is 49.4 Å². The fraction of sp³-hybridized carbons (Fsp3) is 0.833. The van der Waals surface area contributed by atoms with Gasteiger partial charge in [-0.25, -0.2) is 0 Å². The van der Waals surface area contributed by atoms with Crippen LogP contribution in [0.2, 0.25) is 0 Å². The second-order valence-electron chi connectivity index (χ2n) is 3.60. The van der Waals surface area contributed by atoms with Crippen LogP contribution in [0.1, 0.15) is 40.5 Å². The number of likely N-dealkylation sites (tertiary alicyclic amines) is 1. The van der Waals surface area contributed by atoms with Crippen LogP contribution in [0.5, 0.6) is 0 Å². The van der Waals surface area contributed by atoms with Gasteiger partial charge in [-0.2, -0.15) is 0 Å². The molecule has 1 saturated heterocycles. The standard InChI is InChI=1S/C8H15NO.C2H5NO.C2H6/c1-7-3-5-9(6-4-7)8(2)10;1-3-2-4;1-2/h7H,3-6H2,1-2H3;2H,1H3,(H,3,4);1-2H3. The fourth-order valence-electron chi connectivity index (χ4n) is 1.32. The molecule has 0 bridgehead atoms. The highest BCUT2D eigenvalue weighted by molar-refractivity contribution is 5.73. The van der Waals surface area contributed by atoms with Crippen LogP contribution in [-0.4, -0.2) is 37.4 Å². The first-order valence-electron chi connectivity index (χ1n) is 5.98. The van der Waals surface area contributed by atoms with Crippen LogP contribution in [0.25, 0.3) is 0 Å². The lowest BCUT2D eigenvalue weighted by Crippen LogP contribution is -2.36. The highest BCUT2D eigenvalue weighted by atomic mass is 16.2. The Labute approximate surface area is 99.4 Å². The molecular formula is C12H26N2O2. The fourth-order valence-corrected chi connectivity index (χ4v) is 1.32. The van der Waals surface area contributed by atoms with Gasteiger partial charge in [0.2, 0.25) is 12.3 Å². The SMILES string of the molecule is CC.CC(=O)N1CCC(C)CC1.CNC=O. The molecule has 1 aliphatic heterocycles. The largest absolute Gasteiger partial charge is 0.362 e. The molecule has 0 aliphatic carbocycles. The Morgan fingerprint density at radius 1 is 1.31 bits per heavy atom. The van der Waals surface area contributed by atoms with Crippen molar-refractivity contribution in [2.75, 3.05) is 20.1 Å². The van der Waals surface area contributed by atoms with Crippen molar-refractivity contribution < 1.29 is 9.59 Å². The highest BCUT2D eigenvalue weighted by Crippen LogP contribution is 2.15. The van der Waals surface area contributed by atoms with E-state index in [0.717, 1.165) is 19.0 Å². The first kappa shape index (κ1) is 17.3. The van der Waals surface area contributed by atoms with Crippen LogP contribution in [0.15, 0.2) is 0 Å². The van der Waals surface area contributed by atoms with E-state index < -0.39 is 0 Å². The maximum absolute atomic E-state index is 10.8. The van der Waals surface area contributed by atoms with Gasteiger partial charge in [0.25, 0.3) is 0 Å². The van der Waals surface area contributed by atoms with Crippen LogP contribution >= 0.6 is 0 Å². The third-order valence-electron chi connectivity index (χ3n) is 2.35. The lowest BCUT2D eigenvalue weighted by Gasteiger charge is -2.29. The molecule has 1 N–H and O–H groups in total. The summed E-state index contributed by atoms with van der Waals surface area (Å²) in [5.74, 6) is 1.04. The lowest BCUT2D eigenvalue weighted by atomic mass is 9.99. The van der Waals surface area contributed by atoms with Crippen molar-refractivity contribution in [1.82, 2.24) is 10.2 Å². The molecule has 1 aliphatic rings. The molecule has 0 aromatic carbocycles. The van der Waals surface area contributed by atoms with Gasteiger partial charge >= 0.3 is 0 Å². The number of carbonyl (C=O) groups excluding carboxylic acids is 2. The number of piperidine rings is 1. The van der Waals surface area contributed by atoms with E-state index in [2.05, 4.69) is 12.2 Å². The number of nitrogens with zero attached hydrogens (tertiary/aromatic N) is 1. The average Bonchev–Trinajstić information content (AvgIpc) is 2.32.